The molecule has 92 valence electrons. The summed E-state index contributed by atoms with van der Waals surface area (Å²) in [6, 6.07) is 0. The fourth-order valence-corrected chi connectivity index (χ4v) is 2.45. The van der Waals surface area contributed by atoms with Gasteiger partial charge in [-0.15, -0.1) is 0 Å². The second-order valence-corrected chi connectivity index (χ2v) is 4.78. The van der Waals surface area contributed by atoms with E-state index in [2.05, 4.69) is 20.6 Å². The SMILES string of the molecule is Cc1nc2c(c(NCC3CCNC3)n1)COC2. The predicted octanol–water partition coefficient (Wildman–Crippen LogP) is 0.837. The third kappa shape index (κ3) is 2.25. The fourth-order valence-electron chi connectivity index (χ4n) is 2.45. The lowest BCUT2D eigenvalue weighted by molar-refractivity contribution is 0.133. The Kier molecular flexibility index (Phi) is 2.94. The van der Waals surface area contributed by atoms with Crippen LogP contribution in [0.5, 0.6) is 0 Å². The smallest absolute Gasteiger partial charge is 0.135 e. The quantitative estimate of drug-likeness (QED) is 0.811. The van der Waals surface area contributed by atoms with Crippen LogP contribution in [-0.4, -0.2) is 29.6 Å². The average molecular weight is 234 g/mol. The van der Waals surface area contributed by atoms with Gasteiger partial charge < -0.3 is 15.4 Å². The molecule has 1 unspecified atom stereocenters. The molecule has 5 nitrogen and oxygen atoms in total. The average Bonchev–Trinajstić information content (AvgIpc) is 2.95. The van der Waals surface area contributed by atoms with Crippen LogP contribution < -0.4 is 10.6 Å². The molecule has 17 heavy (non-hydrogen) atoms. The molecule has 1 aromatic heterocycles. The van der Waals surface area contributed by atoms with Crippen molar-refractivity contribution in [2.45, 2.75) is 26.6 Å². The minimum atomic E-state index is 0.623. The number of hydrogen-bond acceptors (Lipinski definition) is 5. The summed E-state index contributed by atoms with van der Waals surface area (Å²) in [6.07, 6.45) is 1.25. The van der Waals surface area contributed by atoms with Gasteiger partial charge in [0.15, 0.2) is 0 Å². The molecule has 0 aromatic carbocycles. The normalized spacial score (nSPS) is 22.8. The number of rotatable bonds is 3. The Morgan fingerprint density at radius 3 is 3.18 bits per heavy atom. The highest BCUT2D eigenvalue weighted by Crippen LogP contribution is 2.24. The van der Waals surface area contributed by atoms with Crippen LogP contribution in [0.25, 0.3) is 0 Å². The van der Waals surface area contributed by atoms with E-state index in [9.17, 15) is 0 Å². The van der Waals surface area contributed by atoms with Crippen molar-refractivity contribution in [1.82, 2.24) is 15.3 Å². The standard InChI is InChI=1S/C12H18N4O/c1-8-15-11-7-17-6-10(11)12(16-8)14-5-9-2-3-13-4-9/h9,13H,2-7H2,1H3,(H,14,15,16). The lowest BCUT2D eigenvalue weighted by atomic mass is 10.1. The molecule has 1 saturated heterocycles. The minimum absolute atomic E-state index is 0.623. The van der Waals surface area contributed by atoms with Gasteiger partial charge in [-0.1, -0.05) is 0 Å². The van der Waals surface area contributed by atoms with E-state index in [4.69, 9.17) is 4.74 Å². The van der Waals surface area contributed by atoms with Gasteiger partial charge in [0.2, 0.25) is 0 Å². The largest absolute Gasteiger partial charge is 0.370 e. The summed E-state index contributed by atoms with van der Waals surface area (Å²) in [7, 11) is 0. The van der Waals surface area contributed by atoms with E-state index in [1.165, 1.54) is 6.42 Å². The molecular weight excluding hydrogens is 216 g/mol. The second kappa shape index (κ2) is 4.58. The van der Waals surface area contributed by atoms with Gasteiger partial charge in [0.1, 0.15) is 11.6 Å². The Hall–Kier alpha value is -1.20. The maximum Gasteiger partial charge on any atom is 0.135 e. The number of anilines is 1. The van der Waals surface area contributed by atoms with Crippen molar-refractivity contribution in [3.05, 3.63) is 17.1 Å². The lowest BCUT2D eigenvalue weighted by Crippen LogP contribution is -2.19. The van der Waals surface area contributed by atoms with E-state index in [0.717, 1.165) is 42.5 Å². The Balaban J connectivity index is 1.73. The highest BCUT2D eigenvalue weighted by atomic mass is 16.5. The van der Waals surface area contributed by atoms with E-state index in [1.54, 1.807) is 0 Å². The van der Waals surface area contributed by atoms with Crippen molar-refractivity contribution in [3.8, 4) is 0 Å². The number of fused-ring (bicyclic) bond motifs is 1. The van der Waals surface area contributed by atoms with Gasteiger partial charge in [0, 0.05) is 12.1 Å². The first-order valence-electron chi connectivity index (χ1n) is 6.21. The van der Waals surface area contributed by atoms with Crippen LogP contribution in [0.1, 0.15) is 23.5 Å². The van der Waals surface area contributed by atoms with Gasteiger partial charge >= 0.3 is 0 Å². The van der Waals surface area contributed by atoms with E-state index in [-0.39, 0.29) is 0 Å². The van der Waals surface area contributed by atoms with Crippen LogP contribution in [0.15, 0.2) is 0 Å². The molecule has 2 aliphatic rings. The van der Waals surface area contributed by atoms with Crippen molar-refractivity contribution in [3.63, 3.8) is 0 Å². The topological polar surface area (TPSA) is 59.1 Å². The number of ether oxygens (including phenoxy) is 1. The molecule has 0 amide bonds. The molecule has 5 heteroatoms. The first kappa shape index (κ1) is 10.9. The van der Waals surface area contributed by atoms with Gasteiger partial charge in [0.05, 0.1) is 18.9 Å². The molecule has 0 radical (unpaired) electrons. The minimum Gasteiger partial charge on any atom is -0.370 e. The number of aromatic nitrogens is 2. The van der Waals surface area contributed by atoms with E-state index < -0.39 is 0 Å². The zero-order valence-electron chi connectivity index (χ0n) is 10.1. The zero-order chi connectivity index (χ0) is 11.7. The fraction of sp³-hybridized carbons (Fsp3) is 0.667. The molecule has 0 aliphatic carbocycles. The van der Waals surface area contributed by atoms with Gasteiger partial charge in [0.25, 0.3) is 0 Å². The first-order valence-corrected chi connectivity index (χ1v) is 6.21. The summed E-state index contributed by atoms with van der Waals surface area (Å²) >= 11 is 0. The third-order valence-electron chi connectivity index (χ3n) is 3.41. The summed E-state index contributed by atoms with van der Waals surface area (Å²) < 4.78 is 5.43. The summed E-state index contributed by atoms with van der Waals surface area (Å²) in [5, 5.41) is 6.83. The van der Waals surface area contributed by atoms with Gasteiger partial charge in [-0.25, -0.2) is 9.97 Å². The molecule has 0 bridgehead atoms. The lowest BCUT2D eigenvalue weighted by Gasteiger charge is -2.13. The molecule has 2 N–H and O–H groups in total. The van der Waals surface area contributed by atoms with Crippen LogP contribution in [0.3, 0.4) is 0 Å². The first-order chi connectivity index (χ1) is 8.33. The molecule has 0 spiro atoms. The second-order valence-electron chi connectivity index (χ2n) is 4.78. The van der Waals surface area contributed by atoms with Crippen molar-refractivity contribution in [1.29, 1.82) is 0 Å². The van der Waals surface area contributed by atoms with E-state index in [1.807, 2.05) is 6.92 Å². The maximum atomic E-state index is 5.43. The number of nitrogens with zero attached hydrogens (tertiary/aromatic N) is 2. The van der Waals surface area contributed by atoms with Crippen molar-refractivity contribution >= 4 is 5.82 Å². The maximum absolute atomic E-state index is 5.43. The summed E-state index contributed by atoms with van der Waals surface area (Å²) in [6.45, 7) is 6.42. The molecule has 2 aliphatic heterocycles. The van der Waals surface area contributed by atoms with Crippen LogP contribution in [0.2, 0.25) is 0 Å². The molecule has 0 saturated carbocycles. The van der Waals surface area contributed by atoms with Crippen molar-refractivity contribution < 1.29 is 4.74 Å². The molecule has 3 rings (SSSR count). The van der Waals surface area contributed by atoms with Crippen LogP contribution in [-0.2, 0) is 18.0 Å². The number of hydrogen-bond donors (Lipinski definition) is 2. The van der Waals surface area contributed by atoms with Crippen LogP contribution >= 0.6 is 0 Å². The molecular formula is C12H18N4O. The van der Waals surface area contributed by atoms with Crippen LogP contribution in [0.4, 0.5) is 5.82 Å². The van der Waals surface area contributed by atoms with Gasteiger partial charge in [-0.05, 0) is 32.4 Å². The van der Waals surface area contributed by atoms with Crippen LogP contribution in [0, 0.1) is 12.8 Å². The van der Waals surface area contributed by atoms with Gasteiger partial charge in [-0.2, -0.15) is 0 Å². The summed E-state index contributed by atoms with van der Waals surface area (Å²) in [5.41, 5.74) is 2.19. The molecule has 1 aromatic rings. The highest BCUT2D eigenvalue weighted by molar-refractivity contribution is 5.47. The predicted molar refractivity (Wildman–Crippen MR) is 64.7 cm³/mol. The summed E-state index contributed by atoms with van der Waals surface area (Å²) in [4.78, 5) is 8.89. The monoisotopic (exact) mass is 234 g/mol. The van der Waals surface area contributed by atoms with Gasteiger partial charge in [-0.3, -0.25) is 0 Å². The van der Waals surface area contributed by atoms with E-state index in [0.29, 0.717) is 19.1 Å². The zero-order valence-corrected chi connectivity index (χ0v) is 10.1. The number of nitrogens with one attached hydrogen (secondary N) is 2. The summed E-state index contributed by atoms with van der Waals surface area (Å²) in [5.74, 6) is 2.50. The molecule has 1 fully saturated rings. The Morgan fingerprint density at radius 1 is 1.41 bits per heavy atom. The Morgan fingerprint density at radius 2 is 2.35 bits per heavy atom. The Labute approximate surface area is 101 Å². The van der Waals surface area contributed by atoms with Crippen molar-refractivity contribution in [2.75, 3.05) is 25.0 Å². The number of aryl methyl sites for hydroxylation is 1. The third-order valence-corrected chi connectivity index (χ3v) is 3.41. The van der Waals surface area contributed by atoms with E-state index >= 15 is 0 Å². The highest BCUT2D eigenvalue weighted by Gasteiger charge is 2.20. The molecule has 3 heterocycles. The molecule has 1 atom stereocenters. The Bertz CT molecular complexity index is 415. The van der Waals surface area contributed by atoms with Crippen molar-refractivity contribution in [2.24, 2.45) is 5.92 Å².